The number of methoxy groups -OCH3 is 1. The summed E-state index contributed by atoms with van der Waals surface area (Å²) in [6, 6.07) is 30.3. The number of ether oxygens (including phenoxy) is 2. The number of anilines is 1. The molecule has 0 bridgehead atoms. The van der Waals surface area contributed by atoms with Crippen LogP contribution in [0.1, 0.15) is 22.3 Å². The summed E-state index contributed by atoms with van der Waals surface area (Å²) in [4.78, 5) is 14.1. The van der Waals surface area contributed by atoms with Crippen molar-refractivity contribution in [2.45, 2.75) is 11.8 Å². The molecular formula is C33H26ClNO5S. The number of nitrogens with zero attached hydrogens (tertiary/aromatic N) is 1. The molecule has 0 fully saturated rings. The van der Waals surface area contributed by atoms with Gasteiger partial charge >= 0.3 is 5.97 Å². The Morgan fingerprint density at radius 3 is 2.22 bits per heavy atom. The van der Waals surface area contributed by atoms with Crippen LogP contribution in [0, 0.1) is 12.3 Å². The number of carbonyl (C=O) groups excluding carboxylic acids is 1. The average molecular weight is 584 g/mol. The van der Waals surface area contributed by atoms with Crippen molar-refractivity contribution in [3.63, 3.8) is 0 Å². The molecule has 2 aliphatic rings. The maximum atomic E-state index is 14.2. The third-order valence-corrected chi connectivity index (χ3v) is 9.45. The monoisotopic (exact) mass is 583 g/mol. The van der Waals surface area contributed by atoms with E-state index in [4.69, 9.17) is 21.1 Å². The quantitative estimate of drug-likeness (QED) is 0.238. The number of para-hydroxylation sites is 1. The van der Waals surface area contributed by atoms with Crippen LogP contribution in [0.4, 0.5) is 5.69 Å². The Morgan fingerprint density at radius 1 is 0.878 bits per heavy atom. The van der Waals surface area contributed by atoms with Crippen molar-refractivity contribution in [1.29, 1.82) is 0 Å². The number of fused-ring (bicyclic) bond motifs is 3. The molecule has 0 unspecified atom stereocenters. The Kier molecular flexibility index (Phi) is 6.72. The number of carbonyl (C=O) groups is 1. The van der Waals surface area contributed by atoms with Gasteiger partial charge in [0.25, 0.3) is 10.0 Å². The SMILES string of the molecule is COC(=O)[C@@]12C=C(c3ccc(Cl)cc3)OC(c3ccccc3)=C1c1ccccc1N(S(=O)(=O)c1ccc(C)cc1)C2. The molecule has 0 amide bonds. The highest BCUT2D eigenvalue weighted by molar-refractivity contribution is 7.92. The van der Waals surface area contributed by atoms with Crippen LogP contribution in [0.5, 0.6) is 0 Å². The van der Waals surface area contributed by atoms with E-state index in [1.54, 1.807) is 66.7 Å². The van der Waals surface area contributed by atoms with E-state index in [9.17, 15) is 13.2 Å². The highest BCUT2D eigenvalue weighted by Crippen LogP contribution is 2.55. The third-order valence-electron chi connectivity index (χ3n) is 7.42. The maximum Gasteiger partial charge on any atom is 0.322 e. The highest BCUT2D eigenvalue weighted by atomic mass is 35.5. The van der Waals surface area contributed by atoms with Crippen LogP contribution in [0.3, 0.4) is 0 Å². The van der Waals surface area contributed by atoms with Gasteiger partial charge < -0.3 is 9.47 Å². The first-order valence-corrected chi connectivity index (χ1v) is 14.8. The van der Waals surface area contributed by atoms with Gasteiger partial charge in [0, 0.05) is 27.3 Å². The van der Waals surface area contributed by atoms with Gasteiger partial charge in [0.1, 0.15) is 16.9 Å². The predicted octanol–water partition coefficient (Wildman–Crippen LogP) is 6.96. The minimum Gasteiger partial charge on any atom is -0.468 e. The van der Waals surface area contributed by atoms with Gasteiger partial charge in [-0.25, -0.2) is 8.42 Å². The summed E-state index contributed by atoms with van der Waals surface area (Å²) in [5, 5.41) is 0.550. The molecule has 2 aliphatic heterocycles. The lowest BCUT2D eigenvalue weighted by Crippen LogP contribution is -2.50. The van der Waals surface area contributed by atoms with Gasteiger partial charge in [0.05, 0.1) is 24.2 Å². The molecule has 4 aromatic rings. The first-order valence-electron chi connectivity index (χ1n) is 13.0. The van der Waals surface area contributed by atoms with Crippen molar-refractivity contribution in [3.05, 3.63) is 136 Å². The van der Waals surface area contributed by atoms with Crippen LogP contribution in [0.25, 0.3) is 17.1 Å². The summed E-state index contributed by atoms with van der Waals surface area (Å²) >= 11 is 6.16. The fourth-order valence-corrected chi connectivity index (χ4v) is 7.05. The van der Waals surface area contributed by atoms with Crippen LogP contribution in [0.2, 0.25) is 5.02 Å². The molecule has 0 radical (unpaired) electrons. The molecule has 4 aromatic carbocycles. The molecule has 8 heteroatoms. The lowest BCUT2D eigenvalue weighted by Gasteiger charge is -2.45. The molecule has 6 rings (SSSR count). The molecule has 0 N–H and O–H groups in total. The van der Waals surface area contributed by atoms with E-state index in [2.05, 4.69) is 0 Å². The summed E-state index contributed by atoms with van der Waals surface area (Å²) in [5.41, 5.74) is 2.37. The molecule has 41 heavy (non-hydrogen) atoms. The first-order chi connectivity index (χ1) is 19.7. The van der Waals surface area contributed by atoms with Crippen molar-refractivity contribution in [2.75, 3.05) is 18.0 Å². The zero-order valence-corrected chi connectivity index (χ0v) is 23.9. The second-order valence-electron chi connectivity index (χ2n) is 9.99. The number of hydrogen-bond donors (Lipinski definition) is 0. The van der Waals surface area contributed by atoms with Gasteiger partial charge in [-0.15, -0.1) is 0 Å². The van der Waals surface area contributed by atoms with Crippen molar-refractivity contribution < 1.29 is 22.7 Å². The Labute approximate surface area is 244 Å². The summed E-state index contributed by atoms with van der Waals surface area (Å²) in [6.45, 7) is 1.67. The zero-order valence-electron chi connectivity index (χ0n) is 22.4. The summed E-state index contributed by atoms with van der Waals surface area (Å²) in [6.07, 6.45) is 1.68. The summed E-state index contributed by atoms with van der Waals surface area (Å²) < 4.78 is 41.7. The normalized spacial score (nSPS) is 18.1. The van der Waals surface area contributed by atoms with E-state index < -0.39 is 21.4 Å². The van der Waals surface area contributed by atoms with Crippen molar-refractivity contribution >= 4 is 50.4 Å². The van der Waals surface area contributed by atoms with Crippen LogP contribution < -0.4 is 4.31 Å². The van der Waals surface area contributed by atoms with Crippen LogP contribution in [0.15, 0.2) is 114 Å². The van der Waals surface area contributed by atoms with E-state index in [0.717, 1.165) is 11.1 Å². The maximum absolute atomic E-state index is 14.2. The number of aryl methyl sites for hydroxylation is 1. The van der Waals surface area contributed by atoms with Crippen LogP contribution in [-0.4, -0.2) is 28.0 Å². The van der Waals surface area contributed by atoms with E-state index in [1.165, 1.54) is 11.4 Å². The number of halogens is 1. The lowest BCUT2D eigenvalue weighted by atomic mass is 9.70. The van der Waals surface area contributed by atoms with Crippen molar-refractivity contribution in [2.24, 2.45) is 5.41 Å². The topological polar surface area (TPSA) is 72.9 Å². The number of sulfonamides is 1. The molecule has 0 aliphatic carbocycles. The van der Waals surface area contributed by atoms with Gasteiger partial charge in [0.15, 0.2) is 0 Å². The van der Waals surface area contributed by atoms with E-state index in [-0.39, 0.29) is 11.4 Å². The minimum atomic E-state index is -4.08. The van der Waals surface area contributed by atoms with E-state index >= 15 is 0 Å². The lowest BCUT2D eigenvalue weighted by molar-refractivity contribution is -0.146. The van der Waals surface area contributed by atoms with Gasteiger partial charge in [-0.1, -0.05) is 77.8 Å². The molecule has 1 atom stereocenters. The Morgan fingerprint density at radius 2 is 1.54 bits per heavy atom. The molecule has 0 saturated heterocycles. The van der Waals surface area contributed by atoms with Gasteiger partial charge in [-0.3, -0.25) is 9.10 Å². The molecule has 0 spiro atoms. The second-order valence-corrected chi connectivity index (χ2v) is 12.3. The standard InChI is InChI=1S/C33H26ClNO5S/c1-22-12-18-26(19-13-22)41(37,38)35-21-33(32(36)39-2)20-29(23-14-16-25(34)17-15-23)40-31(24-8-4-3-5-9-24)30(33)27-10-6-7-11-28(27)35/h3-20H,21H2,1-2H3/t33-/m1/s1. The molecule has 2 heterocycles. The van der Waals surface area contributed by atoms with E-state index in [1.807, 2.05) is 49.4 Å². The summed E-state index contributed by atoms with van der Waals surface area (Å²) in [7, 11) is -2.77. The number of esters is 1. The summed E-state index contributed by atoms with van der Waals surface area (Å²) in [5.74, 6) is 0.235. The molecule has 0 aromatic heterocycles. The van der Waals surface area contributed by atoms with E-state index in [0.29, 0.717) is 38.9 Å². The van der Waals surface area contributed by atoms with Crippen LogP contribution in [-0.2, 0) is 24.3 Å². The third kappa shape index (κ3) is 4.51. The smallest absolute Gasteiger partial charge is 0.322 e. The zero-order chi connectivity index (χ0) is 28.8. The molecule has 0 saturated carbocycles. The molecule has 6 nitrogen and oxygen atoms in total. The van der Waals surface area contributed by atoms with Gasteiger partial charge in [-0.2, -0.15) is 0 Å². The average Bonchev–Trinajstić information content (AvgIpc) is 3.00. The van der Waals surface area contributed by atoms with Gasteiger partial charge in [-0.05, 0) is 55.5 Å². The minimum absolute atomic E-state index is 0.127. The Hall–Kier alpha value is -4.33. The first kappa shape index (κ1) is 26.9. The highest BCUT2D eigenvalue weighted by Gasteiger charge is 2.54. The fourth-order valence-electron chi connectivity index (χ4n) is 5.40. The van der Waals surface area contributed by atoms with Gasteiger partial charge in [0.2, 0.25) is 0 Å². The largest absolute Gasteiger partial charge is 0.468 e. The Bertz CT molecular complexity index is 1810. The van der Waals surface area contributed by atoms with Crippen molar-refractivity contribution in [1.82, 2.24) is 0 Å². The molecule has 206 valence electrons. The molecular weight excluding hydrogens is 558 g/mol. The number of hydrogen-bond acceptors (Lipinski definition) is 5. The second kappa shape index (κ2) is 10.3. The van der Waals surface area contributed by atoms with Crippen LogP contribution >= 0.6 is 11.6 Å². The fraction of sp³-hybridized carbons (Fsp3) is 0.121. The van der Waals surface area contributed by atoms with Crippen molar-refractivity contribution in [3.8, 4) is 0 Å². The number of rotatable bonds is 5. The predicted molar refractivity (Wildman–Crippen MR) is 160 cm³/mol. The number of benzene rings is 4. The Balaban J connectivity index is 1.67.